The zero-order valence-corrected chi connectivity index (χ0v) is 21.4. The van der Waals surface area contributed by atoms with E-state index in [1.165, 1.54) is 12.1 Å². The molecule has 39 heavy (non-hydrogen) atoms. The maximum atomic E-state index is 15.2. The van der Waals surface area contributed by atoms with E-state index in [0.717, 1.165) is 23.4 Å². The minimum atomic E-state index is -2.93. The van der Waals surface area contributed by atoms with Crippen molar-refractivity contribution < 1.29 is 27.4 Å². The van der Waals surface area contributed by atoms with E-state index in [0.29, 0.717) is 34.6 Å². The van der Waals surface area contributed by atoms with Crippen molar-refractivity contribution in [2.45, 2.75) is 33.3 Å². The van der Waals surface area contributed by atoms with Crippen molar-refractivity contribution in [3.8, 4) is 16.9 Å². The molecule has 3 aromatic heterocycles. The number of fused-ring (bicyclic) bond motifs is 2. The molecule has 1 aromatic carbocycles. The van der Waals surface area contributed by atoms with Crippen LogP contribution < -0.4 is 4.74 Å². The summed E-state index contributed by atoms with van der Waals surface area (Å²) in [5, 5.41) is 0. The second kappa shape index (κ2) is 9.87. The molecule has 0 unspecified atom stereocenters. The van der Waals surface area contributed by atoms with Gasteiger partial charge < -0.3 is 13.9 Å². The van der Waals surface area contributed by atoms with Crippen LogP contribution in [0.1, 0.15) is 36.0 Å². The van der Waals surface area contributed by atoms with Crippen LogP contribution in [0, 0.1) is 30.5 Å². The largest absolute Gasteiger partial charge is 0.466 e. The van der Waals surface area contributed by atoms with Gasteiger partial charge in [0.2, 0.25) is 0 Å². The van der Waals surface area contributed by atoms with Crippen molar-refractivity contribution in [3.63, 3.8) is 0 Å². The van der Waals surface area contributed by atoms with Gasteiger partial charge in [-0.25, -0.2) is 9.37 Å². The first-order chi connectivity index (χ1) is 18.8. The number of rotatable bonds is 8. The predicted molar refractivity (Wildman–Crippen MR) is 139 cm³/mol. The molecule has 6 rings (SSSR count). The average Bonchev–Trinajstić information content (AvgIpc) is 3.25. The summed E-state index contributed by atoms with van der Waals surface area (Å²) >= 11 is 0. The number of hydrogen-bond donors (Lipinski definition) is 0. The Hall–Kier alpha value is -4.14. The third-order valence-corrected chi connectivity index (χ3v) is 7.60. The minimum Gasteiger partial charge on any atom is -0.466 e. The molecule has 6 nitrogen and oxygen atoms in total. The second-order valence-corrected chi connectivity index (χ2v) is 9.92. The first kappa shape index (κ1) is 25.2. The van der Waals surface area contributed by atoms with Crippen molar-refractivity contribution in [1.29, 1.82) is 0 Å². The predicted octanol–water partition coefficient (Wildman–Crippen LogP) is 6.25. The summed E-state index contributed by atoms with van der Waals surface area (Å²) in [7, 11) is 0. The Balaban J connectivity index is 1.27. The van der Waals surface area contributed by atoms with Gasteiger partial charge in [-0.05, 0) is 49.8 Å². The first-order valence-corrected chi connectivity index (χ1v) is 12.9. The van der Waals surface area contributed by atoms with E-state index < -0.39 is 12.4 Å². The van der Waals surface area contributed by atoms with Crippen LogP contribution in [-0.2, 0) is 16.0 Å². The van der Waals surface area contributed by atoms with Gasteiger partial charge in [0.25, 0.3) is 0 Å². The van der Waals surface area contributed by atoms with Crippen molar-refractivity contribution in [1.82, 2.24) is 14.4 Å². The zero-order valence-electron chi connectivity index (χ0n) is 21.4. The zero-order chi connectivity index (χ0) is 27.3. The molecular formula is C30H26F3N3O3. The maximum Gasteiger partial charge on any atom is 0.387 e. The normalized spacial score (nSPS) is 19.7. The SMILES string of the molecule is CCOC(=O)[C@H]1[C@@H]2C=C(c3ccc(-c4cn5c(Cc6ccccc6OC(F)F)c(C)nc5cc4F)cn3)C[C@@H]21. The van der Waals surface area contributed by atoms with Crippen molar-refractivity contribution in [2.24, 2.45) is 17.8 Å². The molecule has 3 atom stereocenters. The van der Waals surface area contributed by atoms with Crippen LogP contribution in [0.5, 0.6) is 5.75 Å². The van der Waals surface area contributed by atoms with E-state index in [4.69, 9.17) is 9.47 Å². The van der Waals surface area contributed by atoms with Gasteiger partial charge in [0, 0.05) is 47.3 Å². The number of pyridine rings is 2. The Labute approximate surface area is 223 Å². The monoisotopic (exact) mass is 533 g/mol. The van der Waals surface area contributed by atoms with Crippen LogP contribution >= 0.6 is 0 Å². The number of aryl methyl sites for hydroxylation is 1. The number of imidazole rings is 1. The number of hydrogen-bond acceptors (Lipinski definition) is 5. The highest BCUT2D eigenvalue weighted by Gasteiger charge is 2.57. The van der Waals surface area contributed by atoms with E-state index in [2.05, 4.69) is 16.0 Å². The number of ether oxygens (including phenoxy) is 2. The van der Waals surface area contributed by atoms with E-state index in [1.807, 2.05) is 19.1 Å². The summed E-state index contributed by atoms with van der Waals surface area (Å²) in [6, 6.07) is 11.7. The highest BCUT2D eigenvalue weighted by atomic mass is 19.3. The minimum absolute atomic E-state index is 0.0458. The lowest BCUT2D eigenvalue weighted by Crippen LogP contribution is -2.09. The molecule has 0 radical (unpaired) electrons. The maximum absolute atomic E-state index is 15.2. The van der Waals surface area contributed by atoms with Crippen LogP contribution in [0.3, 0.4) is 0 Å². The molecule has 3 heterocycles. The molecule has 1 saturated carbocycles. The number of nitrogens with zero attached hydrogens (tertiary/aromatic N) is 3. The van der Waals surface area contributed by atoms with Crippen molar-refractivity contribution in [2.75, 3.05) is 6.61 Å². The summed E-state index contributed by atoms with van der Waals surface area (Å²) in [6.07, 6.45) is 6.47. The summed E-state index contributed by atoms with van der Waals surface area (Å²) < 4.78 is 52.6. The van der Waals surface area contributed by atoms with Gasteiger partial charge in [0.05, 0.1) is 23.9 Å². The number of carbonyl (C=O) groups is 1. The van der Waals surface area contributed by atoms with E-state index in [-0.39, 0.29) is 35.9 Å². The molecule has 0 bridgehead atoms. The lowest BCUT2D eigenvalue weighted by atomic mass is 10.0. The number of benzene rings is 1. The fraction of sp³-hybridized carbons (Fsp3) is 0.300. The highest BCUT2D eigenvalue weighted by Crippen LogP contribution is 2.58. The number of carbonyl (C=O) groups excluding carboxylic acids is 1. The summed E-state index contributed by atoms with van der Waals surface area (Å²) in [6.45, 7) is 1.06. The van der Waals surface area contributed by atoms with Crippen LogP contribution in [0.15, 0.2) is 60.9 Å². The van der Waals surface area contributed by atoms with Gasteiger partial charge in [0.1, 0.15) is 17.2 Å². The number of halogens is 3. The van der Waals surface area contributed by atoms with E-state index in [1.54, 1.807) is 41.9 Å². The Kier molecular flexibility index (Phi) is 6.37. The van der Waals surface area contributed by atoms with Gasteiger partial charge >= 0.3 is 12.6 Å². The molecule has 0 N–H and O–H groups in total. The molecule has 9 heteroatoms. The molecule has 0 aliphatic heterocycles. The number of para-hydroxylation sites is 1. The van der Waals surface area contributed by atoms with E-state index >= 15 is 4.39 Å². The van der Waals surface area contributed by atoms with Gasteiger partial charge in [-0.1, -0.05) is 30.3 Å². The smallest absolute Gasteiger partial charge is 0.387 e. The third kappa shape index (κ3) is 4.66. The van der Waals surface area contributed by atoms with Crippen LogP contribution in [0.25, 0.3) is 22.3 Å². The van der Waals surface area contributed by atoms with Gasteiger partial charge in [-0.2, -0.15) is 8.78 Å². The number of aromatic nitrogens is 3. The number of esters is 1. The molecule has 2 aliphatic rings. The van der Waals surface area contributed by atoms with Gasteiger partial charge in [-0.3, -0.25) is 9.78 Å². The fourth-order valence-electron chi connectivity index (χ4n) is 5.65. The highest BCUT2D eigenvalue weighted by molar-refractivity contribution is 5.81. The number of allylic oxidation sites excluding steroid dienone is 2. The molecule has 4 aromatic rings. The quantitative estimate of drug-likeness (QED) is 0.251. The molecule has 200 valence electrons. The molecule has 0 spiro atoms. The summed E-state index contributed by atoms with van der Waals surface area (Å²) in [5.74, 6) is -0.0318. The lowest BCUT2D eigenvalue weighted by molar-refractivity contribution is -0.145. The lowest BCUT2D eigenvalue weighted by Gasteiger charge is -2.12. The molecule has 0 amide bonds. The third-order valence-electron chi connectivity index (χ3n) is 7.60. The Bertz CT molecular complexity index is 1600. The molecule has 0 saturated heterocycles. The Morgan fingerprint density at radius 1 is 1.21 bits per heavy atom. The van der Waals surface area contributed by atoms with Gasteiger partial charge in [0.15, 0.2) is 0 Å². The Morgan fingerprint density at radius 2 is 2.03 bits per heavy atom. The van der Waals surface area contributed by atoms with Gasteiger partial charge in [-0.15, -0.1) is 0 Å². The van der Waals surface area contributed by atoms with Crippen LogP contribution in [0.4, 0.5) is 13.2 Å². The van der Waals surface area contributed by atoms with E-state index in [9.17, 15) is 13.6 Å². The summed E-state index contributed by atoms with van der Waals surface area (Å²) in [4.78, 5) is 21.1. The molecule has 1 fully saturated rings. The Morgan fingerprint density at radius 3 is 2.72 bits per heavy atom. The first-order valence-electron chi connectivity index (χ1n) is 12.9. The average molecular weight is 534 g/mol. The molecular weight excluding hydrogens is 507 g/mol. The van der Waals surface area contributed by atoms with Crippen LogP contribution in [0.2, 0.25) is 0 Å². The number of alkyl halides is 2. The standard InChI is InChI=1S/C30H26F3N3O3/c1-3-38-29(37)28-20-10-19(11-21(20)28)24-9-8-18(14-34-24)22-15-36-25(16(2)35-27(36)13-23(22)31)12-17-6-4-5-7-26(17)39-30(32)33/h4-10,13-15,20-21,28,30H,3,11-12H2,1-2H3/t20-,21+,28+/m1/s1. The fourth-order valence-corrected chi connectivity index (χ4v) is 5.65. The van der Waals surface area contributed by atoms with Crippen molar-refractivity contribution in [3.05, 3.63) is 89.4 Å². The summed E-state index contributed by atoms with van der Waals surface area (Å²) in [5.41, 5.74) is 5.26. The second-order valence-electron chi connectivity index (χ2n) is 9.92. The van der Waals surface area contributed by atoms with Crippen molar-refractivity contribution >= 4 is 17.2 Å². The topological polar surface area (TPSA) is 65.7 Å². The van der Waals surface area contributed by atoms with Crippen LogP contribution in [-0.4, -0.2) is 33.6 Å². The molecule has 2 aliphatic carbocycles.